The SMILES string of the molecule is C/C=C/C1CCc2c(ccc(C#Cc3ccc(F)c(F)c3)c2F)C1.C=CC1CCc2c(ccc(C#Cc3ccc(F)c(F)c3)c2F)C1.C=CCCC1CCc2c(ccc(C#Cc3ccc(F)c(F)c3)c2F)C1.CCCC1CCc2c(ccc(C#Cc3ccc(F)c(F)c3)c2F)C1.CCCCCC1CCc2c(ccc(C#Cc3ccc(F)c(F)c3)c2F)C1. The Hall–Kier alpha value is -11.8. The molecule has 5 aliphatic rings. The Kier molecular flexibility index (Phi) is 32.9. The third-order valence-corrected chi connectivity index (χ3v) is 22.9. The lowest BCUT2D eigenvalue weighted by molar-refractivity contribution is 0.401. The van der Waals surface area contributed by atoms with E-state index in [0.717, 1.165) is 207 Å². The number of unbranched alkanes of at least 4 members (excludes halogenated alkanes) is 2. The first-order valence-electron chi connectivity index (χ1n) is 41.6. The third kappa shape index (κ3) is 24.5. The molecule has 0 nitrogen and oxygen atoms in total. The predicted octanol–water partition coefficient (Wildman–Crippen LogP) is 27.2. The van der Waals surface area contributed by atoms with Gasteiger partial charge in [0.2, 0.25) is 0 Å². The molecule has 0 bridgehead atoms. The van der Waals surface area contributed by atoms with Gasteiger partial charge in [0.1, 0.15) is 29.1 Å². The minimum Gasteiger partial charge on any atom is -0.205 e. The summed E-state index contributed by atoms with van der Waals surface area (Å²) < 4.78 is 204. The van der Waals surface area contributed by atoms with Gasteiger partial charge < -0.3 is 0 Å². The lowest BCUT2D eigenvalue weighted by atomic mass is 9.80. The minimum atomic E-state index is -0.960. The average Bonchev–Trinajstić information content (AvgIpc) is 0.819. The number of fused-ring (bicyclic) bond motifs is 5. The molecule has 5 aliphatic carbocycles. The van der Waals surface area contributed by atoms with Crippen molar-refractivity contribution in [1.82, 2.24) is 0 Å². The highest BCUT2D eigenvalue weighted by Gasteiger charge is 2.28. The van der Waals surface area contributed by atoms with Gasteiger partial charge in [0.15, 0.2) is 58.2 Å². The van der Waals surface area contributed by atoms with Crippen LogP contribution < -0.4 is 0 Å². The van der Waals surface area contributed by atoms with Gasteiger partial charge in [0.05, 0.1) is 27.8 Å². The zero-order valence-electron chi connectivity index (χ0n) is 68.5. The molecule has 15 heteroatoms. The van der Waals surface area contributed by atoms with E-state index in [-0.39, 0.29) is 34.6 Å². The average molecular weight is 1660 g/mol. The smallest absolute Gasteiger partial charge is 0.160 e. The van der Waals surface area contributed by atoms with Crippen molar-refractivity contribution in [3.63, 3.8) is 0 Å². The second-order valence-electron chi connectivity index (χ2n) is 31.5. The molecule has 0 N–H and O–H groups in total. The van der Waals surface area contributed by atoms with Crippen molar-refractivity contribution in [3.8, 4) is 59.2 Å². The summed E-state index contributed by atoms with van der Waals surface area (Å²) in [4.78, 5) is 0. The number of halogens is 15. The van der Waals surface area contributed by atoms with Crippen LogP contribution in [-0.4, -0.2) is 0 Å². The molecule has 5 atom stereocenters. The number of hydrogen-bond acceptors (Lipinski definition) is 0. The summed E-state index contributed by atoms with van der Waals surface area (Å²) in [5.74, 6) is 19.2. The van der Waals surface area contributed by atoms with Crippen LogP contribution in [0.25, 0.3) is 0 Å². The fourth-order valence-corrected chi connectivity index (χ4v) is 16.2. The van der Waals surface area contributed by atoms with Gasteiger partial charge in [0, 0.05) is 27.8 Å². The largest absolute Gasteiger partial charge is 0.205 e. The topological polar surface area (TPSA) is 0 Å². The van der Waals surface area contributed by atoms with Crippen LogP contribution in [-0.2, 0) is 64.2 Å². The molecule has 0 fully saturated rings. The van der Waals surface area contributed by atoms with E-state index in [0.29, 0.717) is 104 Å². The Morgan fingerprint density at radius 1 is 0.295 bits per heavy atom. The van der Waals surface area contributed by atoms with Crippen molar-refractivity contribution in [2.45, 2.75) is 168 Å². The molecule has 0 amide bonds. The maximum Gasteiger partial charge on any atom is 0.160 e. The van der Waals surface area contributed by atoms with Gasteiger partial charge in [-0.05, 0) is 323 Å². The molecule has 10 aromatic carbocycles. The van der Waals surface area contributed by atoms with Crippen LogP contribution in [0.15, 0.2) is 189 Å². The summed E-state index contributed by atoms with van der Waals surface area (Å²) in [5.41, 5.74) is 12.1. The summed E-state index contributed by atoms with van der Waals surface area (Å²) in [6, 6.07) is 35.2. The second-order valence-corrected chi connectivity index (χ2v) is 31.5. The van der Waals surface area contributed by atoms with E-state index in [1.807, 2.05) is 55.5 Å². The molecule has 122 heavy (non-hydrogen) atoms. The maximum atomic E-state index is 14.8. The van der Waals surface area contributed by atoms with Crippen LogP contribution in [0, 0.1) is 176 Å². The highest BCUT2D eigenvalue weighted by molar-refractivity contribution is 5.54. The van der Waals surface area contributed by atoms with E-state index in [1.54, 1.807) is 30.3 Å². The molecule has 0 saturated carbocycles. The Balaban J connectivity index is 0.000000149. The Bertz CT molecular complexity index is 5840. The molecule has 0 aromatic heterocycles. The summed E-state index contributed by atoms with van der Waals surface area (Å²) in [6.45, 7) is 13.9. The Morgan fingerprint density at radius 3 is 0.852 bits per heavy atom. The van der Waals surface area contributed by atoms with E-state index < -0.39 is 58.2 Å². The van der Waals surface area contributed by atoms with Crippen LogP contribution in [0.5, 0.6) is 0 Å². The fraction of sp³-hybridized carbons (Fsp3) is 0.290. The van der Waals surface area contributed by atoms with E-state index in [1.165, 1.54) is 62.4 Å². The van der Waals surface area contributed by atoms with E-state index >= 15 is 0 Å². The molecular weight excluding hydrogens is 1570 g/mol. The van der Waals surface area contributed by atoms with Gasteiger partial charge in [-0.1, -0.05) is 166 Å². The van der Waals surface area contributed by atoms with Gasteiger partial charge >= 0.3 is 0 Å². The molecule has 5 unspecified atom stereocenters. The predicted molar refractivity (Wildman–Crippen MR) is 455 cm³/mol. The molecule has 0 aliphatic heterocycles. The van der Waals surface area contributed by atoms with E-state index in [2.05, 4.69) is 92.3 Å². The normalized spacial score (nSPS) is 16.2. The number of rotatable bonds is 11. The van der Waals surface area contributed by atoms with Crippen LogP contribution in [0.3, 0.4) is 0 Å². The summed E-state index contributed by atoms with van der Waals surface area (Å²) in [7, 11) is 0. The van der Waals surface area contributed by atoms with Gasteiger partial charge in [-0.15, -0.1) is 13.2 Å². The van der Waals surface area contributed by atoms with Crippen molar-refractivity contribution in [1.29, 1.82) is 0 Å². The number of benzene rings is 10. The molecular formula is C107H93F15. The van der Waals surface area contributed by atoms with Crippen molar-refractivity contribution in [3.05, 3.63) is 388 Å². The minimum absolute atomic E-state index is 0.260. The molecule has 15 rings (SSSR count). The lowest BCUT2D eigenvalue weighted by Crippen LogP contribution is -2.16. The molecule has 0 radical (unpaired) electrons. The number of hydrogen-bond donors (Lipinski definition) is 0. The second kappa shape index (κ2) is 44.1. The van der Waals surface area contributed by atoms with Gasteiger partial charge in [-0.3, -0.25) is 0 Å². The standard InChI is InChI=1S/C23H23F3.C22H19F3.C21H19F3.C21H17F3.C20H15F3/c1-2-3-4-5-16-7-12-20-19(14-16)11-10-18(23(20)26)9-6-17-8-13-21(24)22(25)15-17;1-2-3-4-15-6-11-19-18(13-15)10-9-17(22(19)25)8-5-16-7-12-20(23)21(24)14-16;2*1-2-3-14-5-10-18-17(12-14)9-8-16(21(18)24)7-4-15-6-11-19(22)20(23)13-15;1-2-13-4-9-17-16(11-13)8-7-15(20(17)23)6-3-14-5-10-18(21)19(22)12-14/h8,10-11,13,15-16H,2-5,7,12,14H2,1H3;2,7,9-10,12,14-15H,1,3-4,6,11,13H2;6,8-9,11,13-14H,2-3,5,10,12H2,1H3;2-3,6,8-9,11,13-14H,5,10,12H2,1H3;2,5,7-8,10,12-13H,1,4,9,11H2/b;;;3-2+;. The van der Waals surface area contributed by atoms with Crippen molar-refractivity contribution < 1.29 is 65.9 Å². The monoisotopic (exact) mass is 1660 g/mol. The summed E-state index contributed by atoms with van der Waals surface area (Å²) >= 11 is 0. The molecule has 0 saturated heterocycles. The summed E-state index contributed by atoms with van der Waals surface area (Å²) in [5, 5.41) is 0. The Labute approximate surface area is 707 Å². The molecule has 0 heterocycles. The molecule has 10 aromatic rings. The van der Waals surface area contributed by atoms with Crippen molar-refractivity contribution in [2.75, 3.05) is 0 Å². The fourth-order valence-electron chi connectivity index (χ4n) is 16.2. The first-order valence-corrected chi connectivity index (χ1v) is 41.6. The quantitative estimate of drug-likeness (QED) is 0.0524. The van der Waals surface area contributed by atoms with E-state index in [4.69, 9.17) is 0 Å². The van der Waals surface area contributed by atoms with Crippen LogP contribution in [0.4, 0.5) is 65.9 Å². The zero-order chi connectivity index (χ0) is 86.9. The van der Waals surface area contributed by atoms with Crippen LogP contribution in [0.2, 0.25) is 0 Å². The third-order valence-electron chi connectivity index (χ3n) is 22.9. The van der Waals surface area contributed by atoms with Crippen molar-refractivity contribution in [2.24, 2.45) is 29.6 Å². The Morgan fingerprint density at radius 2 is 0.574 bits per heavy atom. The van der Waals surface area contributed by atoms with Crippen LogP contribution in [0.1, 0.15) is 216 Å². The maximum absolute atomic E-state index is 14.8. The first kappa shape index (κ1) is 90.9. The van der Waals surface area contributed by atoms with Gasteiger partial charge in [-0.2, -0.15) is 0 Å². The zero-order valence-corrected chi connectivity index (χ0v) is 68.5. The first-order chi connectivity index (χ1) is 58.9. The molecule has 0 spiro atoms. The van der Waals surface area contributed by atoms with Gasteiger partial charge in [-0.25, -0.2) is 65.9 Å². The van der Waals surface area contributed by atoms with Gasteiger partial charge in [0.25, 0.3) is 0 Å². The highest BCUT2D eigenvalue weighted by Crippen LogP contribution is 2.37. The highest BCUT2D eigenvalue weighted by atomic mass is 19.2. The van der Waals surface area contributed by atoms with E-state index in [9.17, 15) is 65.9 Å². The summed E-state index contributed by atoms with van der Waals surface area (Å²) in [6.07, 6.45) is 30.1. The number of allylic oxidation sites excluding steroid dienone is 4. The van der Waals surface area contributed by atoms with Crippen molar-refractivity contribution >= 4 is 0 Å². The molecule has 626 valence electrons. The van der Waals surface area contributed by atoms with Crippen LogP contribution >= 0.6 is 0 Å². The lowest BCUT2D eigenvalue weighted by Gasteiger charge is -2.25.